The van der Waals surface area contributed by atoms with E-state index >= 15 is 0 Å². The van der Waals surface area contributed by atoms with Crippen molar-refractivity contribution in [2.24, 2.45) is 0 Å². The number of ketones is 1. The average molecular weight is 517 g/mol. The van der Waals surface area contributed by atoms with Crippen LogP contribution in [0.2, 0.25) is 0 Å². The van der Waals surface area contributed by atoms with E-state index in [0.717, 1.165) is 5.56 Å². The summed E-state index contributed by atoms with van der Waals surface area (Å²) in [7, 11) is 4.33. The van der Waals surface area contributed by atoms with E-state index in [9.17, 15) is 14.4 Å². The summed E-state index contributed by atoms with van der Waals surface area (Å²) < 4.78 is 32.4. The molecule has 9 heteroatoms. The molecule has 0 N–H and O–H groups in total. The molecule has 0 bridgehead atoms. The molecular formula is C29H24O9. The SMILES string of the molecule is COC(=O)COc1cc([C@@H]2CC(=O)Oc3ccc4c(c32)O/C(=C\c2ccc(OC)cc2)C4=O)ccc1OC. The molecule has 5 rings (SSSR count). The second-order valence-electron chi connectivity index (χ2n) is 8.57. The summed E-state index contributed by atoms with van der Waals surface area (Å²) in [6.07, 6.45) is 1.67. The van der Waals surface area contributed by atoms with Crippen molar-refractivity contribution in [3.05, 3.63) is 82.6 Å². The number of hydrogen-bond donors (Lipinski definition) is 0. The molecular weight excluding hydrogens is 492 g/mol. The van der Waals surface area contributed by atoms with E-state index in [4.69, 9.17) is 23.7 Å². The van der Waals surface area contributed by atoms with Gasteiger partial charge in [-0.2, -0.15) is 0 Å². The van der Waals surface area contributed by atoms with Gasteiger partial charge in [-0.15, -0.1) is 0 Å². The Morgan fingerprint density at radius 3 is 2.45 bits per heavy atom. The summed E-state index contributed by atoms with van der Waals surface area (Å²) in [5, 5.41) is 0. The summed E-state index contributed by atoms with van der Waals surface area (Å²) in [5.41, 5.74) is 2.42. The molecule has 9 nitrogen and oxygen atoms in total. The zero-order valence-electron chi connectivity index (χ0n) is 20.9. The Kier molecular flexibility index (Phi) is 6.74. The maximum absolute atomic E-state index is 13.2. The highest BCUT2D eigenvalue weighted by atomic mass is 16.6. The van der Waals surface area contributed by atoms with Crippen LogP contribution in [0.3, 0.4) is 0 Å². The number of carbonyl (C=O) groups is 3. The monoisotopic (exact) mass is 516 g/mol. The van der Waals surface area contributed by atoms with Crippen LogP contribution < -0.4 is 23.7 Å². The average Bonchev–Trinajstić information content (AvgIpc) is 3.26. The second kappa shape index (κ2) is 10.3. The van der Waals surface area contributed by atoms with Crippen LogP contribution in [0.15, 0.2) is 60.4 Å². The molecule has 3 aromatic rings. The number of fused-ring (bicyclic) bond motifs is 3. The van der Waals surface area contributed by atoms with Crippen LogP contribution in [0.25, 0.3) is 6.08 Å². The lowest BCUT2D eigenvalue weighted by Gasteiger charge is -2.26. The molecule has 38 heavy (non-hydrogen) atoms. The number of methoxy groups -OCH3 is 3. The summed E-state index contributed by atoms with van der Waals surface area (Å²) >= 11 is 0. The van der Waals surface area contributed by atoms with Crippen molar-refractivity contribution in [1.82, 2.24) is 0 Å². The molecule has 2 aliphatic rings. The standard InChI is InChI=1S/C29H24O9/c1-33-18-7-4-16(5-8-18)12-24-28(32)19-9-11-22-27(29(19)38-24)20(14-25(30)37-22)17-6-10-21(34-2)23(13-17)36-15-26(31)35-3/h4-13,20H,14-15H2,1-3H3/b24-12-/t20-/m0/s1. The minimum Gasteiger partial charge on any atom is -0.497 e. The molecule has 3 aromatic carbocycles. The van der Waals surface area contributed by atoms with Gasteiger partial charge in [0.15, 0.2) is 23.9 Å². The normalized spacial score (nSPS) is 16.7. The summed E-state index contributed by atoms with van der Waals surface area (Å²) in [4.78, 5) is 37.4. The lowest BCUT2D eigenvalue weighted by molar-refractivity contribution is -0.143. The number of esters is 2. The van der Waals surface area contributed by atoms with E-state index < -0.39 is 17.9 Å². The number of carbonyl (C=O) groups excluding carboxylic acids is 3. The summed E-state index contributed by atoms with van der Waals surface area (Å²) in [6, 6.07) is 15.6. The minimum atomic E-state index is -0.551. The van der Waals surface area contributed by atoms with Gasteiger partial charge in [-0.3, -0.25) is 9.59 Å². The maximum atomic E-state index is 13.2. The largest absolute Gasteiger partial charge is 0.497 e. The predicted octanol–water partition coefficient (Wildman–Crippen LogP) is 4.31. The van der Waals surface area contributed by atoms with Gasteiger partial charge in [-0.1, -0.05) is 18.2 Å². The fourth-order valence-electron chi connectivity index (χ4n) is 4.46. The van der Waals surface area contributed by atoms with Gasteiger partial charge in [-0.05, 0) is 53.6 Å². The zero-order chi connectivity index (χ0) is 26.8. The molecule has 0 amide bonds. The fraction of sp³-hybridized carbons (Fsp3) is 0.207. The summed E-state index contributed by atoms with van der Waals surface area (Å²) in [6.45, 7) is -0.313. The third-order valence-corrected chi connectivity index (χ3v) is 6.36. The van der Waals surface area contributed by atoms with E-state index in [0.29, 0.717) is 45.4 Å². The maximum Gasteiger partial charge on any atom is 0.343 e. The number of hydrogen-bond acceptors (Lipinski definition) is 9. The van der Waals surface area contributed by atoms with Crippen LogP contribution in [0.4, 0.5) is 0 Å². The first-order chi connectivity index (χ1) is 18.4. The lowest BCUT2D eigenvalue weighted by atomic mass is 9.84. The Hall–Kier alpha value is -4.79. The molecule has 0 saturated heterocycles. The van der Waals surface area contributed by atoms with Gasteiger partial charge < -0.3 is 28.4 Å². The Balaban J connectivity index is 1.54. The fourth-order valence-corrected chi connectivity index (χ4v) is 4.46. The second-order valence-corrected chi connectivity index (χ2v) is 8.57. The number of rotatable bonds is 7. The van der Waals surface area contributed by atoms with Crippen LogP contribution in [0, 0.1) is 0 Å². The first-order valence-electron chi connectivity index (χ1n) is 11.7. The quantitative estimate of drug-likeness (QED) is 0.258. The molecule has 0 radical (unpaired) electrons. The highest BCUT2D eigenvalue weighted by molar-refractivity contribution is 6.15. The Morgan fingerprint density at radius 1 is 0.947 bits per heavy atom. The van der Waals surface area contributed by atoms with Crippen molar-refractivity contribution >= 4 is 23.8 Å². The van der Waals surface area contributed by atoms with Crippen LogP contribution in [-0.2, 0) is 14.3 Å². The van der Waals surface area contributed by atoms with E-state index in [-0.39, 0.29) is 24.6 Å². The molecule has 194 valence electrons. The van der Waals surface area contributed by atoms with Crippen molar-refractivity contribution in [2.45, 2.75) is 12.3 Å². The Bertz CT molecular complexity index is 1450. The van der Waals surface area contributed by atoms with Gasteiger partial charge in [0.1, 0.15) is 17.2 Å². The number of Topliss-reactive ketones (excluding diaryl/α,β-unsaturated/α-hetero) is 1. The predicted molar refractivity (Wildman–Crippen MR) is 135 cm³/mol. The molecule has 0 aromatic heterocycles. The lowest BCUT2D eigenvalue weighted by Crippen LogP contribution is -2.21. The van der Waals surface area contributed by atoms with Crippen molar-refractivity contribution in [1.29, 1.82) is 0 Å². The summed E-state index contributed by atoms with van der Waals surface area (Å²) in [5.74, 6) is 0.485. The van der Waals surface area contributed by atoms with Crippen LogP contribution in [0.1, 0.15) is 39.4 Å². The molecule has 2 heterocycles. The first kappa shape index (κ1) is 24.9. The van der Waals surface area contributed by atoms with Crippen LogP contribution in [0.5, 0.6) is 28.7 Å². The highest BCUT2D eigenvalue weighted by Crippen LogP contribution is 2.49. The molecule has 0 spiro atoms. The molecule has 1 atom stereocenters. The number of ether oxygens (including phenoxy) is 6. The first-order valence-corrected chi connectivity index (χ1v) is 11.7. The van der Waals surface area contributed by atoms with E-state index in [2.05, 4.69) is 4.74 Å². The molecule has 0 unspecified atom stereocenters. The van der Waals surface area contributed by atoms with Crippen molar-refractivity contribution in [3.8, 4) is 28.7 Å². The van der Waals surface area contributed by atoms with Gasteiger partial charge in [0.25, 0.3) is 0 Å². The van der Waals surface area contributed by atoms with Gasteiger partial charge in [0.2, 0.25) is 5.78 Å². The van der Waals surface area contributed by atoms with Crippen molar-refractivity contribution in [2.75, 3.05) is 27.9 Å². The number of benzene rings is 3. The third kappa shape index (κ3) is 4.66. The molecule has 2 aliphatic heterocycles. The Morgan fingerprint density at radius 2 is 1.74 bits per heavy atom. The van der Waals surface area contributed by atoms with E-state index in [1.807, 2.05) is 12.1 Å². The van der Waals surface area contributed by atoms with Crippen LogP contribution >= 0.6 is 0 Å². The van der Waals surface area contributed by atoms with Crippen molar-refractivity contribution < 1.29 is 42.8 Å². The molecule has 0 aliphatic carbocycles. The van der Waals surface area contributed by atoms with Crippen molar-refractivity contribution in [3.63, 3.8) is 0 Å². The molecule has 0 fully saturated rings. The van der Waals surface area contributed by atoms with Gasteiger partial charge in [0, 0.05) is 11.5 Å². The third-order valence-electron chi connectivity index (χ3n) is 6.36. The number of allylic oxidation sites excluding steroid dienone is 1. The van der Waals surface area contributed by atoms with E-state index in [1.165, 1.54) is 14.2 Å². The van der Waals surface area contributed by atoms with Gasteiger partial charge >= 0.3 is 11.9 Å². The topological polar surface area (TPSA) is 107 Å². The van der Waals surface area contributed by atoms with E-state index in [1.54, 1.807) is 55.7 Å². The van der Waals surface area contributed by atoms with Gasteiger partial charge in [0.05, 0.1) is 33.3 Å². The minimum absolute atomic E-state index is 0.0152. The zero-order valence-corrected chi connectivity index (χ0v) is 20.9. The smallest absolute Gasteiger partial charge is 0.343 e. The van der Waals surface area contributed by atoms with Crippen LogP contribution in [-0.4, -0.2) is 45.7 Å². The van der Waals surface area contributed by atoms with Gasteiger partial charge in [-0.25, -0.2) is 4.79 Å². The Labute approximate surface area is 218 Å². The molecule has 0 saturated carbocycles. The highest BCUT2D eigenvalue weighted by Gasteiger charge is 2.38.